The molecule has 19 heavy (non-hydrogen) atoms. The fourth-order valence-electron chi connectivity index (χ4n) is 2.69. The van der Waals surface area contributed by atoms with Gasteiger partial charge in [0.2, 0.25) is 0 Å². The third-order valence-corrected chi connectivity index (χ3v) is 3.94. The van der Waals surface area contributed by atoms with E-state index in [1.54, 1.807) is 13.2 Å². The van der Waals surface area contributed by atoms with Crippen molar-refractivity contribution in [1.29, 1.82) is 0 Å². The van der Waals surface area contributed by atoms with Gasteiger partial charge in [-0.05, 0) is 57.7 Å². The highest BCUT2D eigenvalue weighted by Crippen LogP contribution is 2.27. The Kier molecular flexibility index (Phi) is 4.66. The molecule has 1 N–H and O–H groups in total. The number of phenols is 1. The van der Waals surface area contributed by atoms with Crippen molar-refractivity contribution < 1.29 is 9.84 Å². The van der Waals surface area contributed by atoms with Gasteiger partial charge in [-0.25, -0.2) is 0 Å². The van der Waals surface area contributed by atoms with Gasteiger partial charge in [0.1, 0.15) is 0 Å². The highest BCUT2D eigenvalue weighted by molar-refractivity contribution is 5.41. The lowest BCUT2D eigenvalue weighted by Crippen LogP contribution is -2.41. The topological polar surface area (TPSA) is 35.9 Å². The number of ether oxygens (including phenoxy) is 1. The molecule has 1 aliphatic rings. The second kappa shape index (κ2) is 6.26. The summed E-state index contributed by atoms with van der Waals surface area (Å²) in [5, 5.41) is 9.79. The van der Waals surface area contributed by atoms with Crippen LogP contribution in [0.2, 0.25) is 0 Å². The molecule has 0 spiro atoms. The normalized spacial score (nSPS) is 17.9. The van der Waals surface area contributed by atoms with Crippen molar-refractivity contribution in [2.24, 2.45) is 0 Å². The molecular weight excluding hydrogens is 240 g/mol. The van der Waals surface area contributed by atoms with Gasteiger partial charge in [-0.15, -0.1) is 0 Å². The maximum atomic E-state index is 9.79. The summed E-state index contributed by atoms with van der Waals surface area (Å²) < 4.78 is 5.06. The molecule has 0 atom stereocenters. The smallest absolute Gasteiger partial charge is 0.160 e. The molecule has 4 heteroatoms. The first-order valence-corrected chi connectivity index (χ1v) is 6.85. The van der Waals surface area contributed by atoms with Crippen molar-refractivity contribution in [2.75, 3.05) is 34.3 Å². The number of nitrogens with zero attached hydrogens (tertiary/aromatic N) is 2. The predicted molar refractivity (Wildman–Crippen MR) is 76.6 cm³/mol. The third-order valence-electron chi connectivity index (χ3n) is 3.94. The Morgan fingerprint density at radius 1 is 1.32 bits per heavy atom. The maximum absolute atomic E-state index is 9.79. The summed E-state index contributed by atoms with van der Waals surface area (Å²) in [5.74, 6) is 0.762. The van der Waals surface area contributed by atoms with Crippen LogP contribution in [0.15, 0.2) is 18.2 Å². The molecule has 106 valence electrons. The third kappa shape index (κ3) is 3.61. The average Bonchev–Trinajstić information content (AvgIpc) is 2.39. The molecule has 0 amide bonds. The van der Waals surface area contributed by atoms with Gasteiger partial charge in [0.15, 0.2) is 11.5 Å². The second-order valence-corrected chi connectivity index (χ2v) is 5.48. The summed E-state index contributed by atoms with van der Waals surface area (Å²) in [4.78, 5) is 4.76. The van der Waals surface area contributed by atoms with Crippen LogP contribution in [0.4, 0.5) is 0 Å². The molecule has 2 rings (SSSR count). The van der Waals surface area contributed by atoms with E-state index >= 15 is 0 Å². The number of hydrogen-bond acceptors (Lipinski definition) is 4. The Hall–Kier alpha value is -1.26. The molecule has 1 aliphatic heterocycles. The first-order valence-electron chi connectivity index (χ1n) is 6.85. The minimum atomic E-state index is 0.225. The Labute approximate surface area is 115 Å². The average molecular weight is 264 g/mol. The standard InChI is InChI=1S/C15H24N2O2/c1-16(2)13-6-8-17(9-7-13)11-12-4-5-15(19-3)14(18)10-12/h4-5,10,13,18H,6-9,11H2,1-3H3. The molecule has 1 aromatic rings. The SMILES string of the molecule is COc1ccc(CN2CCC(N(C)C)CC2)cc1O. The fraction of sp³-hybridized carbons (Fsp3) is 0.600. The molecule has 0 bridgehead atoms. The Balaban J connectivity index is 1.90. The molecule has 1 aromatic carbocycles. The highest BCUT2D eigenvalue weighted by Gasteiger charge is 2.20. The summed E-state index contributed by atoms with van der Waals surface area (Å²) in [5.41, 5.74) is 1.14. The molecular formula is C15H24N2O2. The molecule has 1 saturated heterocycles. The first kappa shape index (κ1) is 14.2. The van der Waals surface area contributed by atoms with Crippen LogP contribution in [0.25, 0.3) is 0 Å². The highest BCUT2D eigenvalue weighted by atomic mass is 16.5. The van der Waals surface area contributed by atoms with Gasteiger partial charge in [-0.1, -0.05) is 6.07 Å². The maximum Gasteiger partial charge on any atom is 0.160 e. The molecule has 0 radical (unpaired) electrons. The number of likely N-dealkylation sites (tertiary alicyclic amines) is 1. The largest absolute Gasteiger partial charge is 0.504 e. The molecule has 4 nitrogen and oxygen atoms in total. The van der Waals surface area contributed by atoms with E-state index < -0.39 is 0 Å². The van der Waals surface area contributed by atoms with Crippen LogP contribution in [0.1, 0.15) is 18.4 Å². The number of phenolic OH excluding ortho intramolecular Hbond substituents is 1. The van der Waals surface area contributed by atoms with E-state index in [1.165, 1.54) is 12.8 Å². The summed E-state index contributed by atoms with van der Waals surface area (Å²) in [6, 6.07) is 6.37. The lowest BCUT2D eigenvalue weighted by atomic mass is 10.0. The molecule has 0 aromatic heterocycles. The van der Waals surface area contributed by atoms with Crippen molar-refractivity contribution in [3.05, 3.63) is 23.8 Å². The van der Waals surface area contributed by atoms with E-state index in [1.807, 2.05) is 12.1 Å². The zero-order valence-corrected chi connectivity index (χ0v) is 12.1. The van der Waals surface area contributed by atoms with Crippen molar-refractivity contribution in [3.8, 4) is 11.5 Å². The molecule has 1 fully saturated rings. The fourth-order valence-corrected chi connectivity index (χ4v) is 2.69. The van der Waals surface area contributed by atoms with Gasteiger partial charge in [0.25, 0.3) is 0 Å². The number of aromatic hydroxyl groups is 1. The van der Waals surface area contributed by atoms with Gasteiger partial charge in [0.05, 0.1) is 7.11 Å². The summed E-state index contributed by atoms with van der Waals surface area (Å²) >= 11 is 0. The Morgan fingerprint density at radius 2 is 2.00 bits per heavy atom. The van der Waals surface area contributed by atoms with Gasteiger partial charge in [-0.2, -0.15) is 0 Å². The molecule has 0 saturated carbocycles. The molecule has 0 unspecified atom stereocenters. The number of piperidine rings is 1. The van der Waals surface area contributed by atoms with E-state index in [-0.39, 0.29) is 5.75 Å². The van der Waals surface area contributed by atoms with E-state index in [0.717, 1.165) is 25.2 Å². The van der Waals surface area contributed by atoms with Gasteiger partial charge < -0.3 is 14.7 Å². The molecule has 1 heterocycles. The number of hydrogen-bond donors (Lipinski definition) is 1. The Bertz CT molecular complexity index is 413. The summed E-state index contributed by atoms with van der Waals surface area (Å²) in [7, 11) is 5.88. The van der Waals surface area contributed by atoms with Crippen molar-refractivity contribution in [3.63, 3.8) is 0 Å². The van der Waals surface area contributed by atoms with Gasteiger partial charge in [-0.3, -0.25) is 4.90 Å². The van der Waals surface area contributed by atoms with E-state index in [9.17, 15) is 5.11 Å². The van der Waals surface area contributed by atoms with Crippen LogP contribution in [0, 0.1) is 0 Å². The van der Waals surface area contributed by atoms with Crippen molar-refractivity contribution >= 4 is 0 Å². The molecule has 0 aliphatic carbocycles. The zero-order chi connectivity index (χ0) is 13.8. The number of methoxy groups -OCH3 is 1. The predicted octanol–water partition coefficient (Wildman–Crippen LogP) is 1.93. The zero-order valence-electron chi connectivity index (χ0n) is 12.1. The van der Waals surface area contributed by atoms with Crippen LogP contribution in [-0.4, -0.2) is 55.2 Å². The lowest BCUT2D eigenvalue weighted by molar-refractivity contribution is 0.140. The summed E-state index contributed by atoms with van der Waals surface area (Å²) in [6.07, 6.45) is 2.43. The van der Waals surface area contributed by atoms with Gasteiger partial charge >= 0.3 is 0 Å². The second-order valence-electron chi connectivity index (χ2n) is 5.48. The summed E-state index contributed by atoms with van der Waals surface area (Å²) in [6.45, 7) is 3.14. The van der Waals surface area contributed by atoms with Crippen LogP contribution in [0.3, 0.4) is 0 Å². The van der Waals surface area contributed by atoms with Crippen LogP contribution in [0.5, 0.6) is 11.5 Å². The number of benzene rings is 1. The minimum absolute atomic E-state index is 0.225. The first-order chi connectivity index (χ1) is 9.10. The van der Waals surface area contributed by atoms with Crippen molar-refractivity contribution in [2.45, 2.75) is 25.4 Å². The minimum Gasteiger partial charge on any atom is -0.504 e. The van der Waals surface area contributed by atoms with Crippen LogP contribution < -0.4 is 4.74 Å². The van der Waals surface area contributed by atoms with E-state index in [4.69, 9.17) is 4.74 Å². The van der Waals surface area contributed by atoms with Crippen LogP contribution in [-0.2, 0) is 6.54 Å². The monoisotopic (exact) mass is 264 g/mol. The quantitative estimate of drug-likeness (QED) is 0.901. The number of rotatable bonds is 4. The van der Waals surface area contributed by atoms with E-state index in [2.05, 4.69) is 23.9 Å². The van der Waals surface area contributed by atoms with E-state index in [0.29, 0.717) is 11.8 Å². The van der Waals surface area contributed by atoms with Gasteiger partial charge in [0, 0.05) is 12.6 Å². The van der Waals surface area contributed by atoms with Crippen molar-refractivity contribution in [1.82, 2.24) is 9.80 Å². The Morgan fingerprint density at radius 3 is 2.53 bits per heavy atom. The van der Waals surface area contributed by atoms with Crippen LogP contribution >= 0.6 is 0 Å². The lowest BCUT2D eigenvalue weighted by Gasteiger charge is -2.35.